The Morgan fingerprint density at radius 3 is 1.96 bits per heavy atom. The van der Waals surface area contributed by atoms with E-state index in [9.17, 15) is 4.79 Å². The monoisotopic (exact) mass is 592 g/mol. The molecule has 1 unspecified atom stereocenters. The van der Waals surface area contributed by atoms with Crippen LogP contribution in [0, 0.1) is 0 Å². The first kappa shape index (κ1) is 27.3. The fourth-order valence-electron chi connectivity index (χ4n) is 8.83. The predicted octanol–water partition coefficient (Wildman–Crippen LogP) is 10.9. The van der Waals surface area contributed by atoms with Crippen molar-refractivity contribution in [2.75, 3.05) is 0 Å². The highest BCUT2D eigenvalue weighted by Crippen LogP contribution is 2.57. The maximum atomic E-state index is 14.4. The van der Waals surface area contributed by atoms with Crippen molar-refractivity contribution in [1.82, 2.24) is 0 Å². The summed E-state index contributed by atoms with van der Waals surface area (Å²) in [5, 5.41) is 0. The standard InChI is InChI=1S/C45H36O/c1-44(2)38-16-10-8-14-32(38)35-26-34-30(24-40(35)44)22-36-33-15-9-11-17-39(33)45(3,4)41-25-31(23-37(34)42(36)41)43(46)29-20-18-28(19-21-29)27-12-6-5-7-13-27/h5-21,23-26,36H,22H2,1-4H3. The van der Waals surface area contributed by atoms with Crippen LogP contribution in [-0.2, 0) is 17.3 Å². The molecule has 1 atom stereocenters. The molecule has 0 spiro atoms. The lowest BCUT2D eigenvalue weighted by molar-refractivity contribution is 0.103. The quantitative estimate of drug-likeness (QED) is 0.187. The first-order chi connectivity index (χ1) is 22.2. The Balaban J connectivity index is 1.26. The molecule has 0 saturated heterocycles. The Morgan fingerprint density at radius 2 is 1.17 bits per heavy atom. The molecule has 0 N–H and O–H groups in total. The lowest BCUT2D eigenvalue weighted by Gasteiger charge is -2.43. The molecule has 46 heavy (non-hydrogen) atoms. The predicted molar refractivity (Wildman–Crippen MR) is 189 cm³/mol. The SMILES string of the molecule is CC1(C)c2ccccc2-c2cc3c(cc21)CC1c2ccccc2C(C)(C)c2cc(C(=O)c4ccc(-c5ccccc5)cc4)cc-3c21. The summed E-state index contributed by atoms with van der Waals surface area (Å²) in [6.07, 6.45) is 0.969. The first-order valence-electron chi connectivity index (χ1n) is 16.5. The van der Waals surface area contributed by atoms with Gasteiger partial charge in [-0.2, -0.15) is 0 Å². The number of hydrogen-bond acceptors (Lipinski definition) is 1. The molecule has 6 aromatic rings. The summed E-state index contributed by atoms with van der Waals surface area (Å²) in [4.78, 5) is 14.4. The van der Waals surface area contributed by atoms with Crippen molar-refractivity contribution in [3.05, 3.63) is 177 Å². The molecule has 3 aliphatic rings. The maximum Gasteiger partial charge on any atom is 0.193 e. The van der Waals surface area contributed by atoms with Crippen molar-refractivity contribution in [3.8, 4) is 33.4 Å². The number of carbonyl (C=O) groups is 1. The van der Waals surface area contributed by atoms with E-state index in [-0.39, 0.29) is 22.5 Å². The second-order valence-electron chi connectivity index (χ2n) is 14.5. The van der Waals surface area contributed by atoms with Crippen molar-refractivity contribution in [1.29, 1.82) is 0 Å². The minimum Gasteiger partial charge on any atom is -0.289 e. The van der Waals surface area contributed by atoms with Crippen molar-refractivity contribution in [3.63, 3.8) is 0 Å². The zero-order chi connectivity index (χ0) is 31.4. The number of ketones is 1. The average molecular weight is 593 g/mol. The van der Waals surface area contributed by atoms with Gasteiger partial charge < -0.3 is 0 Å². The van der Waals surface area contributed by atoms with Crippen LogP contribution in [0.3, 0.4) is 0 Å². The van der Waals surface area contributed by atoms with E-state index >= 15 is 0 Å². The molecule has 0 aliphatic heterocycles. The van der Waals surface area contributed by atoms with E-state index in [0.29, 0.717) is 0 Å². The second-order valence-corrected chi connectivity index (χ2v) is 14.5. The van der Waals surface area contributed by atoms with Gasteiger partial charge in [0.15, 0.2) is 5.78 Å². The van der Waals surface area contributed by atoms with Gasteiger partial charge in [0.25, 0.3) is 0 Å². The number of carbonyl (C=O) groups excluding carboxylic acids is 1. The third kappa shape index (κ3) is 3.72. The van der Waals surface area contributed by atoms with Crippen LogP contribution in [-0.4, -0.2) is 5.78 Å². The molecule has 0 heterocycles. The van der Waals surface area contributed by atoms with Gasteiger partial charge in [-0.15, -0.1) is 0 Å². The van der Waals surface area contributed by atoms with Crippen LogP contribution in [0.15, 0.2) is 127 Å². The summed E-state index contributed by atoms with van der Waals surface area (Å²) in [5.74, 6) is 0.339. The van der Waals surface area contributed by atoms with Gasteiger partial charge in [0.2, 0.25) is 0 Å². The Kier molecular flexibility index (Phi) is 5.64. The zero-order valence-corrected chi connectivity index (χ0v) is 26.8. The molecule has 0 fully saturated rings. The van der Waals surface area contributed by atoms with Gasteiger partial charge in [0, 0.05) is 27.9 Å². The average Bonchev–Trinajstić information content (AvgIpc) is 3.31. The van der Waals surface area contributed by atoms with Gasteiger partial charge in [-0.1, -0.05) is 137 Å². The third-order valence-electron chi connectivity index (χ3n) is 11.2. The van der Waals surface area contributed by atoms with E-state index in [2.05, 4.69) is 125 Å². The van der Waals surface area contributed by atoms with Crippen molar-refractivity contribution in [2.24, 2.45) is 0 Å². The normalized spacial score (nSPS) is 17.3. The van der Waals surface area contributed by atoms with Crippen LogP contribution in [0.25, 0.3) is 33.4 Å². The van der Waals surface area contributed by atoms with Crippen LogP contribution in [0.5, 0.6) is 0 Å². The number of benzene rings is 6. The molecule has 222 valence electrons. The Labute approximate surface area is 271 Å². The van der Waals surface area contributed by atoms with Crippen molar-refractivity contribution in [2.45, 2.75) is 50.9 Å². The maximum absolute atomic E-state index is 14.4. The molecule has 3 aliphatic carbocycles. The summed E-state index contributed by atoms with van der Waals surface area (Å²) in [6.45, 7) is 9.38. The van der Waals surface area contributed by atoms with Crippen LogP contribution in [0.4, 0.5) is 0 Å². The number of rotatable bonds is 3. The lowest BCUT2D eigenvalue weighted by Crippen LogP contribution is -2.32. The number of hydrogen-bond donors (Lipinski definition) is 0. The van der Waals surface area contributed by atoms with Gasteiger partial charge in [-0.05, 0) is 96.9 Å². The van der Waals surface area contributed by atoms with E-state index in [1.54, 1.807) is 0 Å². The molecule has 0 saturated carbocycles. The van der Waals surface area contributed by atoms with Crippen LogP contribution in [0.1, 0.15) is 88.5 Å². The van der Waals surface area contributed by atoms with Crippen molar-refractivity contribution >= 4 is 5.78 Å². The zero-order valence-electron chi connectivity index (χ0n) is 26.8. The van der Waals surface area contributed by atoms with Gasteiger partial charge in [0.05, 0.1) is 0 Å². The fraction of sp³-hybridized carbons (Fsp3) is 0.178. The fourth-order valence-corrected chi connectivity index (χ4v) is 8.83. The minimum absolute atomic E-state index is 0.0530. The molecule has 9 rings (SSSR count). The summed E-state index contributed by atoms with van der Waals surface area (Å²) >= 11 is 0. The molecule has 1 heteroatoms. The van der Waals surface area contributed by atoms with E-state index in [4.69, 9.17) is 0 Å². The van der Waals surface area contributed by atoms with Crippen molar-refractivity contribution < 1.29 is 4.79 Å². The molecule has 0 radical (unpaired) electrons. The van der Waals surface area contributed by atoms with Gasteiger partial charge in [-0.25, -0.2) is 0 Å². The molecule has 0 aromatic heterocycles. The second kappa shape index (κ2) is 9.50. The van der Waals surface area contributed by atoms with E-state index < -0.39 is 0 Å². The molecular weight excluding hydrogens is 556 g/mol. The van der Waals surface area contributed by atoms with E-state index in [0.717, 1.165) is 28.7 Å². The van der Waals surface area contributed by atoms with Crippen LogP contribution in [0.2, 0.25) is 0 Å². The largest absolute Gasteiger partial charge is 0.289 e. The summed E-state index contributed by atoms with van der Waals surface area (Å²) in [5.41, 5.74) is 18.3. The van der Waals surface area contributed by atoms with Crippen LogP contribution >= 0.6 is 0 Å². The number of fused-ring (bicyclic) bond motifs is 7. The van der Waals surface area contributed by atoms with Gasteiger partial charge >= 0.3 is 0 Å². The summed E-state index contributed by atoms with van der Waals surface area (Å²) < 4.78 is 0. The highest BCUT2D eigenvalue weighted by Gasteiger charge is 2.43. The van der Waals surface area contributed by atoms with Crippen LogP contribution < -0.4 is 0 Å². The highest BCUT2D eigenvalue weighted by atomic mass is 16.1. The van der Waals surface area contributed by atoms with E-state index in [1.165, 1.54) is 61.2 Å². The molecular formula is C45H36O. The van der Waals surface area contributed by atoms with Gasteiger partial charge in [-0.3, -0.25) is 4.79 Å². The first-order valence-corrected chi connectivity index (χ1v) is 16.5. The molecule has 1 nitrogen and oxygen atoms in total. The lowest BCUT2D eigenvalue weighted by atomic mass is 9.60. The Bertz CT molecular complexity index is 2230. The van der Waals surface area contributed by atoms with Gasteiger partial charge in [0.1, 0.15) is 0 Å². The summed E-state index contributed by atoms with van der Waals surface area (Å²) in [6, 6.07) is 45.7. The summed E-state index contributed by atoms with van der Waals surface area (Å²) in [7, 11) is 0. The molecule has 6 aromatic carbocycles. The third-order valence-corrected chi connectivity index (χ3v) is 11.2. The van der Waals surface area contributed by atoms with E-state index in [1.807, 2.05) is 30.3 Å². The topological polar surface area (TPSA) is 17.1 Å². The smallest absolute Gasteiger partial charge is 0.193 e. The molecule has 0 bridgehead atoms. The minimum atomic E-state index is -0.229. The Morgan fingerprint density at radius 1 is 0.522 bits per heavy atom. The molecule has 0 amide bonds. The highest BCUT2D eigenvalue weighted by molar-refractivity contribution is 6.10. The Hall–Kier alpha value is -5.01.